The third kappa shape index (κ3) is 2.55. The predicted octanol–water partition coefficient (Wildman–Crippen LogP) is 1.77. The summed E-state index contributed by atoms with van der Waals surface area (Å²) in [6.45, 7) is 0. The van der Waals surface area contributed by atoms with E-state index >= 15 is 0 Å². The van der Waals surface area contributed by atoms with Crippen LogP contribution in [0.5, 0.6) is 5.75 Å². The first-order chi connectivity index (χ1) is 11.7. The number of nitrogens with zero attached hydrogens (tertiary/aromatic N) is 4. The Morgan fingerprint density at radius 1 is 1.21 bits per heavy atom. The highest BCUT2D eigenvalue weighted by atomic mass is 32.1. The molecule has 4 aromatic rings. The van der Waals surface area contributed by atoms with E-state index in [2.05, 4.69) is 15.1 Å². The quantitative estimate of drug-likeness (QED) is 0.570. The SMILES string of the molecule is COc1cccc(C=c2sc3nc(-c4ccncc4)nn3c2=O)c1. The molecule has 24 heavy (non-hydrogen) atoms. The van der Waals surface area contributed by atoms with Crippen molar-refractivity contribution in [2.24, 2.45) is 0 Å². The van der Waals surface area contributed by atoms with E-state index in [9.17, 15) is 4.79 Å². The molecule has 0 fully saturated rings. The molecule has 3 heterocycles. The number of rotatable bonds is 3. The number of hydrogen-bond donors (Lipinski definition) is 0. The van der Waals surface area contributed by atoms with Crippen LogP contribution in [0, 0.1) is 0 Å². The van der Waals surface area contributed by atoms with Gasteiger partial charge in [0.25, 0.3) is 5.56 Å². The molecule has 0 aliphatic heterocycles. The summed E-state index contributed by atoms with van der Waals surface area (Å²) in [5.41, 5.74) is 1.55. The van der Waals surface area contributed by atoms with Crippen molar-refractivity contribution in [1.29, 1.82) is 0 Å². The Hall–Kier alpha value is -3.06. The van der Waals surface area contributed by atoms with E-state index in [4.69, 9.17) is 4.74 Å². The molecule has 118 valence electrons. The third-order valence-corrected chi connectivity index (χ3v) is 4.47. The van der Waals surface area contributed by atoms with Crippen LogP contribution in [-0.2, 0) is 0 Å². The molecule has 0 unspecified atom stereocenters. The third-order valence-electron chi connectivity index (χ3n) is 3.51. The van der Waals surface area contributed by atoms with E-state index in [0.717, 1.165) is 16.9 Å². The zero-order valence-corrected chi connectivity index (χ0v) is 13.5. The lowest BCUT2D eigenvalue weighted by molar-refractivity contribution is 0.414. The second-order valence-electron chi connectivity index (χ2n) is 5.06. The normalized spacial score (nSPS) is 12.0. The molecule has 0 atom stereocenters. The lowest BCUT2D eigenvalue weighted by atomic mass is 10.2. The summed E-state index contributed by atoms with van der Waals surface area (Å²) < 4.78 is 7.12. The van der Waals surface area contributed by atoms with Gasteiger partial charge in [-0.1, -0.05) is 23.5 Å². The van der Waals surface area contributed by atoms with Crippen molar-refractivity contribution < 1.29 is 4.74 Å². The molecular weight excluding hydrogens is 324 g/mol. The standard InChI is InChI=1S/C17H12N4O2S/c1-23-13-4-2-3-11(9-13)10-14-16(22)21-17(24-14)19-15(20-21)12-5-7-18-8-6-12/h2-10H,1H3. The maximum absolute atomic E-state index is 12.5. The Morgan fingerprint density at radius 2 is 2.04 bits per heavy atom. The van der Waals surface area contributed by atoms with Gasteiger partial charge in [0.1, 0.15) is 5.75 Å². The van der Waals surface area contributed by atoms with E-state index < -0.39 is 0 Å². The maximum atomic E-state index is 12.5. The highest BCUT2D eigenvalue weighted by Crippen LogP contribution is 2.16. The summed E-state index contributed by atoms with van der Waals surface area (Å²) in [6.07, 6.45) is 5.16. The molecule has 1 aromatic carbocycles. The van der Waals surface area contributed by atoms with Gasteiger partial charge in [-0.3, -0.25) is 9.78 Å². The summed E-state index contributed by atoms with van der Waals surface area (Å²) >= 11 is 1.31. The molecule has 0 aliphatic rings. The van der Waals surface area contributed by atoms with Crippen LogP contribution in [-0.4, -0.2) is 26.7 Å². The molecule has 4 rings (SSSR count). The number of methoxy groups -OCH3 is 1. The van der Waals surface area contributed by atoms with Gasteiger partial charge in [-0.2, -0.15) is 9.50 Å². The molecule has 0 saturated heterocycles. The fourth-order valence-corrected chi connectivity index (χ4v) is 3.25. The number of aromatic nitrogens is 4. The van der Waals surface area contributed by atoms with E-state index in [1.54, 1.807) is 19.5 Å². The van der Waals surface area contributed by atoms with Gasteiger partial charge in [0, 0.05) is 18.0 Å². The smallest absolute Gasteiger partial charge is 0.291 e. The van der Waals surface area contributed by atoms with Crippen LogP contribution in [0.4, 0.5) is 0 Å². The zero-order chi connectivity index (χ0) is 16.5. The summed E-state index contributed by atoms with van der Waals surface area (Å²) in [4.78, 5) is 21.5. The molecule has 3 aromatic heterocycles. The minimum Gasteiger partial charge on any atom is -0.497 e. The first-order valence-electron chi connectivity index (χ1n) is 7.20. The minimum atomic E-state index is -0.175. The first kappa shape index (κ1) is 14.5. The number of hydrogen-bond acceptors (Lipinski definition) is 6. The predicted molar refractivity (Wildman–Crippen MR) is 92.1 cm³/mol. The molecule has 0 amide bonds. The van der Waals surface area contributed by atoms with Crippen LogP contribution in [0.1, 0.15) is 5.56 Å². The van der Waals surface area contributed by atoms with Crippen molar-refractivity contribution in [2.75, 3.05) is 7.11 Å². The highest BCUT2D eigenvalue weighted by molar-refractivity contribution is 7.15. The molecule has 0 saturated carbocycles. The summed E-state index contributed by atoms with van der Waals surface area (Å²) in [7, 11) is 1.61. The van der Waals surface area contributed by atoms with Gasteiger partial charge in [-0.25, -0.2) is 0 Å². The van der Waals surface area contributed by atoms with Crippen LogP contribution in [0.2, 0.25) is 0 Å². The number of thiazole rings is 1. The number of pyridine rings is 1. The highest BCUT2D eigenvalue weighted by Gasteiger charge is 2.11. The van der Waals surface area contributed by atoms with E-state index in [-0.39, 0.29) is 5.56 Å². The van der Waals surface area contributed by atoms with Crippen LogP contribution in [0.25, 0.3) is 22.4 Å². The number of ether oxygens (including phenoxy) is 1. The molecule has 0 N–H and O–H groups in total. The lowest BCUT2D eigenvalue weighted by Gasteiger charge is -1.99. The monoisotopic (exact) mass is 336 g/mol. The fraction of sp³-hybridized carbons (Fsp3) is 0.0588. The summed E-state index contributed by atoms with van der Waals surface area (Å²) in [5.74, 6) is 1.27. The molecular formula is C17H12N4O2S. The Balaban J connectivity index is 1.81. The lowest BCUT2D eigenvalue weighted by Crippen LogP contribution is -2.23. The van der Waals surface area contributed by atoms with Crippen LogP contribution in [0.3, 0.4) is 0 Å². The Morgan fingerprint density at radius 3 is 2.79 bits per heavy atom. The average Bonchev–Trinajstić information content (AvgIpc) is 3.16. The molecule has 0 bridgehead atoms. The second kappa shape index (κ2) is 5.86. The van der Waals surface area contributed by atoms with Crippen molar-refractivity contribution in [3.05, 3.63) is 69.2 Å². The zero-order valence-electron chi connectivity index (χ0n) is 12.7. The van der Waals surface area contributed by atoms with E-state index in [0.29, 0.717) is 15.3 Å². The Bertz CT molecular complexity index is 1120. The van der Waals surface area contributed by atoms with Crippen molar-refractivity contribution in [1.82, 2.24) is 19.6 Å². The summed E-state index contributed by atoms with van der Waals surface area (Å²) in [5, 5.41) is 4.31. The molecule has 7 heteroatoms. The largest absolute Gasteiger partial charge is 0.497 e. The molecule has 0 radical (unpaired) electrons. The van der Waals surface area contributed by atoms with Gasteiger partial charge in [-0.05, 0) is 35.9 Å². The molecule has 6 nitrogen and oxygen atoms in total. The van der Waals surface area contributed by atoms with Crippen LogP contribution < -0.4 is 14.8 Å². The number of fused-ring (bicyclic) bond motifs is 1. The van der Waals surface area contributed by atoms with E-state index in [1.807, 2.05) is 42.5 Å². The van der Waals surface area contributed by atoms with Crippen LogP contribution in [0.15, 0.2) is 53.6 Å². The summed E-state index contributed by atoms with van der Waals surface area (Å²) in [6, 6.07) is 11.2. The van der Waals surface area contributed by atoms with Crippen molar-refractivity contribution in [3.8, 4) is 17.1 Å². The minimum absolute atomic E-state index is 0.175. The molecule has 0 spiro atoms. The average molecular weight is 336 g/mol. The molecule has 0 aliphatic carbocycles. The van der Waals surface area contributed by atoms with Gasteiger partial charge < -0.3 is 4.74 Å². The maximum Gasteiger partial charge on any atom is 0.291 e. The Labute approximate surface area is 140 Å². The fourth-order valence-electron chi connectivity index (χ4n) is 2.34. The van der Waals surface area contributed by atoms with E-state index in [1.165, 1.54) is 15.9 Å². The number of benzene rings is 1. The van der Waals surface area contributed by atoms with Gasteiger partial charge >= 0.3 is 0 Å². The van der Waals surface area contributed by atoms with Gasteiger partial charge in [-0.15, -0.1) is 5.10 Å². The topological polar surface area (TPSA) is 69.4 Å². The van der Waals surface area contributed by atoms with Gasteiger partial charge in [0.2, 0.25) is 4.96 Å². The van der Waals surface area contributed by atoms with Crippen molar-refractivity contribution in [3.63, 3.8) is 0 Å². The Kier molecular flexibility index (Phi) is 3.55. The van der Waals surface area contributed by atoms with Gasteiger partial charge in [0.15, 0.2) is 5.82 Å². The van der Waals surface area contributed by atoms with Crippen molar-refractivity contribution in [2.45, 2.75) is 0 Å². The first-order valence-corrected chi connectivity index (χ1v) is 8.02. The van der Waals surface area contributed by atoms with Gasteiger partial charge in [0.05, 0.1) is 11.6 Å². The van der Waals surface area contributed by atoms with Crippen LogP contribution >= 0.6 is 11.3 Å². The van der Waals surface area contributed by atoms with Crippen molar-refractivity contribution >= 4 is 22.4 Å². The second-order valence-corrected chi connectivity index (χ2v) is 6.07.